The molecule has 9 heteroatoms. The molecule has 0 bridgehead atoms. The molecule has 1 amide bonds. The number of carbonyl (C=O) groups excluding carboxylic acids is 1. The van der Waals surface area contributed by atoms with Crippen LogP contribution in [0.4, 0.5) is 13.2 Å². The van der Waals surface area contributed by atoms with E-state index in [0.29, 0.717) is 21.1 Å². The molecule has 134 valence electrons. The number of thiazole rings is 1. The van der Waals surface area contributed by atoms with Crippen LogP contribution in [0.3, 0.4) is 0 Å². The van der Waals surface area contributed by atoms with E-state index in [9.17, 15) is 22.8 Å². The van der Waals surface area contributed by atoms with Crippen LogP contribution in [0.5, 0.6) is 0 Å². The van der Waals surface area contributed by atoms with Crippen molar-refractivity contribution in [1.29, 1.82) is 0 Å². The average Bonchev–Trinajstić information content (AvgIpc) is 2.83. The van der Waals surface area contributed by atoms with Crippen molar-refractivity contribution in [3.63, 3.8) is 0 Å². The quantitative estimate of drug-likeness (QED) is 0.872. The number of alkyl halides is 3. The van der Waals surface area contributed by atoms with Gasteiger partial charge in [0.15, 0.2) is 0 Å². The highest BCUT2D eigenvalue weighted by atomic mass is 32.1. The number of carboxylic acid groups (broad SMARTS) is 1. The number of carboxylic acids is 1. The van der Waals surface area contributed by atoms with Crippen molar-refractivity contribution < 1.29 is 27.9 Å². The number of carbonyl (C=O) groups is 2. The third-order valence-corrected chi connectivity index (χ3v) is 4.43. The number of benzene rings is 1. The lowest BCUT2D eigenvalue weighted by molar-refractivity contribution is -0.138. The molecule has 0 aliphatic carbocycles. The smallest absolute Gasteiger partial charge is 0.416 e. The van der Waals surface area contributed by atoms with E-state index in [1.54, 1.807) is 13.8 Å². The number of rotatable bonds is 5. The van der Waals surface area contributed by atoms with Gasteiger partial charge in [-0.05, 0) is 31.5 Å². The third-order valence-electron chi connectivity index (χ3n) is 3.37. The lowest BCUT2D eigenvalue weighted by Gasteiger charge is -2.20. The molecule has 0 atom stereocenters. The highest BCUT2D eigenvalue weighted by Crippen LogP contribution is 2.29. The summed E-state index contributed by atoms with van der Waals surface area (Å²) in [4.78, 5) is 29.2. The summed E-state index contributed by atoms with van der Waals surface area (Å²) in [5.41, 5.74) is 0.0954. The van der Waals surface area contributed by atoms with Gasteiger partial charge in [0, 0.05) is 6.54 Å². The minimum atomic E-state index is -4.45. The van der Waals surface area contributed by atoms with Gasteiger partial charge < -0.3 is 10.0 Å². The zero-order chi connectivity index (χ0) is 18.8. The second-order valence-corrected chi connectivity index (χ2v) is 6.60. The predicted octanol–water partition coefficient (Wildman–Crippen LogP) is 3.51. The molecule has 0 spiro atoms. The fourth-order valence-electron chi connectivity index (χ4n) is 2.26. The summed E-state index contributed by atoms with van der Waals surface area (Å²) >= 11 is 1.15. The number of hydrogen-bond donors (Lipinski definition) is 1. The fourth-order valence-corrected chi connectivity index (χ4v) is 3.14. The Morgan fingerprint density at radius 2 is 1.80 bits per heavy atom. The van der Waals surface area contributed by atoms with E-state index < -0.39 is 30.2 Å². The minimum Gasteiger partial charge on any atom is -0.480 e. The number of aryl methyl sites for hydroxylation is 2. The molecular formula is C16H15F3N2O3S. The monoisotopic (exact) mass is 372 g/mol. The molecule has 0 saturated carbocycles. The van der Waals surface area contributed by atoms with Gasteiger partial charge in [-0.2, -0.15) is 13.2 Å². The molecule has 0 aliphatic rings. The van der Waals surface area contributed by atoms with Crippen LogP contribution in [0.25, 0.3) is 0 Å². The Balaban J connectivity index is 2.24. The molecular weight excluding hydrogens is 357 g/mol. The number of nitrogens with zero attached hydrogens (tertiary/aromatic N) is 2. The molecule has 5 nitrogen and oxygen atoms in total. The molecule has 25 heavy (non-hydrogen) atoms. The second kappa shape index (κ2) is 7.22. The number of aliphatic carboxylic acids is 1. The Bertz CT molecular complexity index is 785. The van der Waals surface area contributed by atoms with Gasteiger partial charge in [-0.25, -0.2) is 4.98 Å². The number of halogens is 3. The minimum absolute atomic E-state index is 0.111. The normalized spacial score (nSPS) is 11.4. The summed E-state index contributed by atoms with van der Waals surface area (Å²) in [7, 11) is 0. The Morgan fingerprint density at radius 3 is 2.24 bits per heavy atom. The highest BCUT2D eigenvalue weighted by Gasteiger charge is 2.30. The standard InChI is InChI=1S/C16H15F3N2O3S/c1-9-14(25-10(2)20-9)15(24)21(8-13(22)23)7-11-3-5-12(6-4-11)16(17,18)19/h3-6H,7-8H2,1-2H3,(H,22,23). The van der Waals surface area contributed by atoms with Crippen molar-refractivity contribution >= 4 is 23.2 Å². The molecule has 2 rings (SSSR count). The first-order valence-electron chi connectivity index (χ1n) is 7.19. The van der Waals surface area contributed by atoms with Crippen molar-refractivity contribution in [1.82, 2.24) is 9.88 Å². The summed E-state index contributed by atoms with van der Waals surface area (Å²) in [6.07, 6.45) is -4.45. The number of amides is 1. The maximum absolute atomic E-state index is 12.6. The summed E-state index contributed by atoms with van der Waals surface area (Å²) in [5.74, 6) is -1.72. The molecule has 1 heterocycles. The lowest BCUT2D eigenvalue weighted by atomic mass is 10.1. The van der Waals surface area contributed by atoms with Gasteiger partial charge >= 0.3 is 12.1 Å². The van der Waals surface area contributed by atoms with Crippen LogP contribution in [0.2, 0.25) is 0 Å². The lowest BCUT2D eigenvalue weighted by Crippen LogP contribution is -2.35. The number of hydrogen-bond acceptors (Lipinski definition) is 4. The van der Waals surface area contributed by atoms with E-state index in [1.165, 1.54) is 12.1 Å². The van der Waals surface area contributed by atoms with E-state index in [-0.39, 0.29) is 6.54 Å². The van der Waals surface area contributed by atoms with Crippen LogP contribution in [0, 0.1) is 13.8 Å². The molecule has 1 N–H and O–H groups in total. The third kappa shape index (κ3) is 4.79. The molecule has 0 aliphatic heterocycles. The van der Waals surface area contributed by atoms with Crippen LogP contribution >= 0.6 is 11.3 Å². The van der Waals surface area contributed by atoms with Crippen molar-refractivity contribution in [3.8, 4) is 0 Å². The molecule has 0 fully saturated rings. The average molecular weight is 372 g/mol. The first-order chi connectivity index (χ1) is 11.6. The summed E-state index contributed by atoms with van der Waals surface area (Å²) in [6.45, 7) is 2.70. The maximum atomic E-state index is 12.6. The van der Waals surface area contributed by atoms with Gasteiger partial charge in [0.05, 0.1) is 16.3 Å². The van der Waals surface area contributed by atoms with E-state index in [0.717, 1.165) is 28.4 Å². The molecule has 0 saturated heterocycles. The molecule has 1 aromatic heterocycles. The molecule has 1 aromatic carbocycles. The van der Waals surface area contributed by atoms with E-state index in [4.69, 9.17) is 5.11 Å². The maximum Gasteiger partial charge on any atom is 0.416 e. The van der Waals surface area contributed by atoms with Crippen molar-refractivity contribution in [2.75, 3.05) is 6.54 Å². The van der Waals surface area contributed by atoms with Crippen molar-refractivity contribution in [2.24, 2.45) is 0 Å². The van der Waals surface area contributed by atoms with Gasteiger partial charge in [-0.15, -0.1) is 11.3 Å². The van der Waals surface area contributed by atoms with Gasteiger partial charge in [-0.1, -0.05) is 12.1 Å². The van der Waals surface area contributed by atoms with Gasteiger partial charge in [-0.3, -0.25) is 9.59 Å². The van der Waals surface area contributed by atoms with Crippen LogP contribution in [0.15, 0.2) is 24.3 Å². The number of aromatic nitrogens is 1. The fraction of sp³-hybridized carbons (Fsp3) is 0.312. The van der Waals surface area contributed by atoms with E-state index >= 15 is 0 Å². The first kappa shape index (κ1) is 18.9. The first-order valence-corrected chi connectivity index (χ1v) is 8.01. The topological polar surface area (TPSA) is 70.5 Å². The molecule has 0 unspecified atom stereocenters. The Kier molecular flexibility index (Phi) is 5.46. The Labute approximate surface area is 145 Å². The van der Waals surface area contributed by atoms with Crippen molar-refractivity contribution in [3.05, 3.63) is 51.0 Å². The summed E-state index contributed by atoms with van der Waals surface area (Å²) < 4.78 is 37.8. The predicted molar refractivity (Wildman–Crippen MR) is 85.4 cm³/mol. The zero-order valence-corrected chi connectivity index (χ0v) is 14.2. The summed E-state index contributed by atoms with van der Waals surface area (Å²) in [6, 6.07) is 4.27. The van der Waals surface area contributed by atoms with Crippen LogP contribution in [-0.4, -0.2) is 33.4 Å². The van der Waals surface area contributed by atoms with Gasteiger partial charge in [0.1, 0.15) is 11.4 Å². The highest BCUT2D eigenvalue weighted by molar-refractivity contribution is 7.13. The zero-order valence-electron chi connectivity index (χ0n) is 13.4. The van der Waals surface area contributed by atoms with Gasteiger partial charge in [0.25, 0.3) is 5.91 Å². The second-order valence-electron chi connectivity index (χ2n) is 5.40. The van der Waals surface area contributed by atoms with E-state index in [2.05, 4.69) is 4.98 Å². The van der Waals surface area contributed by atoms with E-state index in [1.807, 2.05) is 0 Å². The molecule has 2 aromatic rings. The van der Waals surface area contributed by atoms with Crippen LogP contribution in [0.1, 0.15) is 31.5 Å². The Hall–Kier alpha value is -2.42. The Morgan fingerprint density at radius 1 is 1.20 bits per heavy atom. The summed E-state index contributed by atoms with van der Waals surface area (Å²) in [5, 5.41) is 9.70. The van der Waals surface area contributed by atoms with Crippen LogP contribution in [-0.2, 0) is 17.5 Å². The SMILES string of the molecule is Cc1nc(C)c(C(=O)N(CC(=O)O)Cc2ccc(C(F)(F)F)cc2)s1. The van der Waals surface area contributed by atoms with Crippen LogP contribution < -0.4 is 0 Å². The van der Waals surface area contributed by atoms with Crippen molar-refractivity contribution in [2.45, 2.75) is 26.6 Å². The largest absolute Gasteiger partial charge is 0.480 e. The molecule has 0 radical (unpaired) electrons. The van der Waals surface area contributed by atoms with Gasteiger partial charge in [0.2, 0.25) is 0 Å².